The number of amides is 1. The van der Waals surface area contributed by atoms with Gasteiger partial charge in [0.05, 0.1) is 16.7 Å². The van der Waals surface area contributed by atoms with Crippen molar-refractivity contribution in [1.29, 1.82) is 0 Å². The molecule has 1 N–H and O–H groups in total. The Bertz CT molecular complexity index is 1290. The number of rotatable bonds is 7. The fourth-order valence-electron chi connectivity index (χ4n) is 3.21. The normalized spacial score (nSPS) is 11.1. The molecular weight excluding hydrogens is 398 g/mol. The average Bonchev–Trinajstić information content (AvgIpc) is 3.19. The fourth-order valence-corrected chi connectivity index (χ4v) is 3.98. The Kier molecular flexibility index (Phi) is 5.67. The number of fused-ring (bicyclic) bond motifs is 3. The Morgan fingerprint density at radius 1 is 1.17 bits per heavy atom. The Balaban J connectivity index is 1.57. The lowest BCUT2D eigenvalue weighted by Crippen LogP contribution is -2.25. The molecule has 1 amide bonds. The van der Waals surface area contributed by atoms with E-state index >= 15 is 0 Å². The molecule has 8 heteroatoms. The molecule has 7 nitrogen and oxygen atoms in total. The fraction of sp³-hybridized carbons (Fsp3) is 0.182. The number of benzene rings is 2. The molecule has 0 atom stereocenters. The van der Waals surface area contributed by atoms with Crippen LogP contribution >= 0.6 is 11.8 Å². The van der Waals surface area contributed by atoms with Crippen molar-refractivity contribution in [2.24, 2.45) is 0 Å². The van der Waals surface area contributed by atoms with Crippen molar-refractivity contribution in [3.63, 3.8) is 0 Å². The van der Waals surface area contributed by atoms with Gasteiger partial charge in [0, 0.05) is 13.1 Å². The maximum atomic E-state index is 12.8. The van der Waals surface area contributed by atoms with Crippen molar-refractivity contribution in [2.75, 3.05) is 5.75 Å². The predicted octanol–water partition coefficient (Wildman–Crippen LogP) is 2.95. The van der Waals surface area contributed by atoms with Crippen molar-refractivity contribution >= 4 is 34.3 Å². The van der Waals surface area contributed by atoms with E-state index in [1.54, 1.807) is 12.1 Å². The molecule has 0 aliphatic heterocycles. The second-order valence-electron chi connectivity index (χ2n) is 6.89. The molecule has 0 fully saturated rings. The van der Waals surface area contributed by atoms with Gasteiger partial charge in [-0.1, -0.05) is 59.8 Å². The maximum Gasteiger partial charge on any atom is 0.263 e. The average molecular weight is 420 g/mol. The lowest BCUT2D eigenvalue weighted by molar-refractivity contribution is -0.118. The smallest absolute Gasteiger partial charge is 0.263 e. The lowest BCUT2D eigenvalue weighted by atomic mass is 10.1. The van der Waals surface area contributed by atoms with Crippen molar-refractivity contribution in [3.05, 3.63) is 82.7 Å². The summed E-state index contributed by atoms with van der Waals surface area (Å²) in [4.78, 5) is 25.2. The summed E-state index contributed by atoms with van der Waals surface area (Å²) in [5, 5.41) is 12.5. The molecular formula is C22H21N5O2S. The molecule has 0 spiro atoms. The molecule has 4 rings (SSSR count). The SMILES string of the molecule is C=CCn1c(=O)c2ccccc2n2c(SCC(=O)NCc3ccc(C)cc3)nnc12. The highest BCUT2D eigenvalue weighted by molar-refractivity contribution is 7.99. The van der Waals surface area contributed by atoms with Crippen LogP contribution in [0.3, 0.4) is 0 Å². The largest absolute Gasteiger partial charge is 0.351 e. The van der Waals surface area contributed by atoms with Crippen molar-refractivity contribution in [1.82, 2.24) is 24.5 Å². The standard InChI is InChI=1S/C22H21N5O2S/c1-3-12-26-20(29)17-6-4-5-7-18(17)27-21(26)24-25-22(27)30-14-19(28)23-13-16-10-8-15(2)9-11-16/h3-11H,1,12-14H2,2H3,(H,23,28). The highest BCUT2D eigenvalue weighted by Crippen LogP contribution is 2.21. The van der Waals surface area contributed by atoms with Crippen LogP contribution in [0.15, 0.2) is 71.1 Å². The molecule has 0 radical (unpaired) electrons. The topological polar surface area (TPSA) is 81.3 Å². The monoisotopic (exact) mass is 419 g/mol. The number of aryl methyl sites for hydroxylation is 1. The summed E-state index contributed by atoms with van der Waals surface area (Å²) in [7, 11) is 0. The van der Waals surface area contributed by atoms with E-state index in [9.17, 15) is 9.59 Å². The molecule has 0 saturated carbocycles. The molecule has 30 heavy (non-hydrogen) atoms. The van der Waals surface area contributed by atoms with Crippen LogP contribution in [0.2, 0.25) is 0 Å². The number of allylic oxidation sites excluding steroid dienone is 1. The second-order valence-corrected chi connectivity index (χ2v) is 7.83. The minimum absolute atomic E-state index is 0.0963. The van der Waals surface area contributed by atoms with Gasteiger partial charge in [-0.2, -0.15) is 0 Å². The van der Waals surface area contributed by atoms with Crippen LogP contribution < -0.4 is 10.9 Å². The van der Waals surface area contributed by atoms with E-state index in [1.807, 2.05) is 53.8 Å². The Labute approximate surface area is 177 Å². The number of carbonyl (C=O) groups excluding carboxylic acids is 1. The number of hydrogen-bond acceptors (Lipinski definition) is 5. The molecule has 2 aromatic carbocycles. The van der Waals surface area contributed by atoms with Crippen LogP contribution in [0.25, 0.3) is 16.7 Å². The van der Waals surface area contributed by atoms with Crippen LogP contribution in [0.1, 0.15) is 11.1 Å². The molecule has 0 saturated heterocycles. The van der Waals surface area contributed by atoms with Crippen molar-refractivity contribution in [2.45, 2.75) is 25.2 Å². The van der Waals surface area contributed by atoms with E-state index in [0.717, 1.165) is 5.56 Å². The number of thioether (sulfide) groups is 1. The molecule has 2 heterocycles. The number of nitrogens with zero attached hydrogens (tertiary/aromatic N) is 4. The van der Waals surface area contributed by atoms with Gasteiger partial charge in [-0.25, -0.2) is 0 Å². The number of aromatic nitrogens is 4. The van der Waals surface area contributed by atoms with Crippen LogP contribution in [0.5, 0.6) is 0 Å². The highest BCUT2D eigenvalue weighted by atomic mass is 32.2. The van der Waals surface area contributed by atoms with E-state index in [2.05, 4.69) is 22.1 Å². The first-order valence-corrected chi connectivity index (χ1v) is 10.5. The first-order chi connectivity index (χ1) is 14.6. The zero-order chi connectivity index (χ0) is 21.1. The third kappa shape index (κ3) is 3.86. The summed E-state index contributed by atoms with van der Waals surface area (Å²) in [6.45, 7) is 6.55. The van der Waals surface area contributed by atoms with E-state index in [4.69, 9.17) is 0 Å². The quantitative estimate of drug-likeness (QED) is 0.368. The van der Waals surface area contributed by atoms with Gasteiger partial charge in [0.15, 0.2) is 5.16 Å². The van der Waals surface area contributed by atoms with Crippen LogP contribution in [-0.2, 0) is 17.9 Å². The zero-order valence-electron chi connectivity index (χ0n) is 16.5. The molecule has 0 aliphatic carbocycles. The van der Waals surface area contributed by atoms with E-state index in [-0.39, 0.29) is 17.2 Å². The second kappa shape index (κ2) is 8.54. The number of carbonyl (C=O) groups is 1. The van der Waals surface area contributed by atoms with Crippen molar-refractivity contribution < 1.29 is 4.79 Å². The predicted molar refractivity (Wildman–Crippen MR) is 119 cm³/mol. The van der Waals surface area contributed by atoms with Gasteiger partial charge in [0.2, 0.25) is 11.7 Å². The molecule has 0 unspecified atom stereocenters. The van der Waals surface area contributed by atoms with E-state index in [1.165, 1.54) is 21.9 Å². The summed E-state index contributed by atoms with van der Waals surface area (Å²) >= 11 is 1.29. The maximum absolute atomic E-state index is 12.8. The number of hydrogen-bond donors (Lipinski definition) is 1. The van der Waals surface area contributed by atoms with Gasteiger partial charge < -0.3 is 5.32 Å². The Hall–Kier alpha value is -3.39. The third-order valence-corrected chi connectivity index (χ3v) is 5.66. The van der Waals surface area contributed by atoms with E-state index in [0.29, 0.717) is 34.9 Å². The summed E-state index contributed by atoms with van der Waals surface area (Å²) in [6, 6.07) is 15.4. The molecule has 4 aromatic rings. The van der Waals surface area contributed by atoms with Crippen LogP contribution in [0, 0.1) is 6.92 Å². The summed E-state index contributed by atoms with van der Waals surface area (Å²) < 4.78 is 3.35. The highest BCUT2D eigenvalue weighted by Gasteiger charge is 2.17. The Morgan fingerprint density at radius 2 is 1.93 bits per heavy atom. The van der Waals surface area contributed by atoms with Crippen molar-refractivity contribution in [3.8, 4) is 0 Å². The third-order valence-electron chi connectivity index (χ3n) is 4.73. The molecule has 152 valence electrons. The first-order valence-electron chi connectivity index (χ1n) is 9.51. The molecule has 0 aliphatic rings. The van der Waals surface area contributed by atoms with Gasteiger partial charge in [-0.05, 0) is 24.6 Å². The first kappa shape index (κ1) is 19.9. The lowest BCUT2D eigenvalue weighted by Gasteiger charge is -2.09. The van der Waals surface area contributed by atoms with E-state index < -0.39 is 0 Å². The summed E-state index contributed by atoms with van der Waals surface area (Å²) in [5.41, 5.74) is 2.80. The van der Waals surface area contributed by atoms with Crippen LogP contribution in [-0.4, -0.2) is 30.8 Å². The van der Waals surface area contributed by atoms with Gasteiger partial charge in [-0.15, -0.1) is 16.8 Å². The van der Waals surface area contributed by atoms with Gasteiger partial charge in [0.1, 0.15) is 0 Å². The molecule has 2 aromatic heterocycles. The minimum Gasteiger partial charge on any atom is -0.351 e. The number of nitrogens with one attached hydrogen (secondary N) is 1. The molecule has 0 bridgehead atoms. The Morgan fingerprint density at radius 3 is 2.70 bits per heavy atom. The van der Waals surface area contributed by atoms with Gasteiger partial charge >= 0.3 is 0 Å². The van der Waals surface area contributed by atoms with Gasteiger partial charge in [0.25, 0.3) is 5.56 Å². The zero-order valence-corrected chi connectivity index (χ0v) is 17.4. The summed E-state index contributed by atoms with van der Waals surface area (Å²) in [5.74, 6) is 0.531. The van der Waals surface area contributed by atoms with Crippen LogP contribution in [0.4, 0.5) is 0 Å². The number of para-hydroxylation sites is 1. The summed E-state index contributed by atoms with van der Waals surface area (Å²) in [6.07, 6.45) is 1.65. The van der Waals surface area contributed by atoms with Gasteiger partial charge in [-0.3, -0.25) is 18.6 Å². The minimum atomic E-state index is -0.141.